The molecule has 0 saturated carbocycles. The number of thioether (sulfide) groups is 1. The van der Waals surface area contributed by atoms with Crippen LogP contribution in [0.5, 0.6) is 11.5 Å². The lowest BCUT2D eigenvalue weighted by Crippen LogP contribution is -2.32. The summed E-state index contributed by atoms with van der Waals surface area (Å²) < 4.78 is 11.4. The Morgan fingerprint density at radius 3 is 2.31 bits per heavy atom. The lowest BCUT2D eigenvalue weighted by atomic mass is 9.83. The van der Waals surface area contributed by atoms with Crippen molar-refractivity contribution in [3.05, 3.63) is 98.0 Å². The van der Waals surface area contributed by atoms with Crippen LogP contribution in [0.2, 0.25) is 0 Å². The average molecular weight is 602 g/mol. The topological polar surface area (TPSA) is 118 Å². The Balaban J connectivity index is 1.29. The molecule has 3 aromatic carbocycles. The zero-order chi connectivity index (χ0) is 29.5. The van der Waals surface area contributed by atoms with E-state index in [2.05, 4.69) is 10.3 Å². The number of carbonyl (C=O) groups excluding carboxylic acids is 3. The summed E-state index contributed by atoms with van der Waals surface area (Å²) in [5.74, 6) is -1.53. The molecule has 0 aliphatic carbocycles. The first kappa shape index (κ1) is 27.8. The van der Waals surface area contributed by atoms with Crippen LogP contribution in [0.15, 0.2) is 76.6 Å². The number of imide groups is 1. The van der Waals surface area contributed by atoms with E-state index in [1.807, 2.05) is 50.2 Å². The molecule has 1 aromatic heterocycles. The number of methoxy groups -OCH3 is 1. The second kappa shape index (κ2) is 11.1. The summed E-state index contributed by atoms with van der Waals surface area (Å²) in [5.41, 5.74) is 3.98. The molecule has 3 atom stereocenters. The predicted molar refractivity (Wildman–Crippen MR) is 162 cm³/mol. The van der Waals surface area contributed by atoms with Crippen molar-refractivity contribution < 1.29 is 23.9 Å². The molecule has 3 heterocycles. The average Bonchev–Trinajstić information content (AvgIpc) is 3.47. The van der Waals surface area contributed by atoms with Crippen LogP contribution in [-0.4, -0.2) is 41.7 Å². The number of aryl methyl sites for hydroxylation is 2. The molecule has 1 fully saturated rings. The molecule has 2 aliphatic rings. The van der Waals surface area contributed by atoms with Crippen LogP contribution in [-0.2, 0) is 14.4 Å². The summed E-state index contributed by atoms with van der Waals surface area (Å²) in [6.45, 7) is 3.67. The van der Waals surface area contributed by atoms with E-state index in [0.29, 0.717) is 38.3 Å². The number of nitrogens with one attached hydrogen (secondary N) is 2. The molecule has 0 radical (unpaired) electrons. The standard InChI is InChI=1S/C31H27N3O6S2/c1-16-4-9-19(10-5-16)32-23(35)15-40-21-13-8-18(14-22(21)39-3)24-25-27(41-28-26(24)42-31(38)33-28)30(37)34(29(25)36)20-11-6-17(2)7-12-20/h4-14,24-25,27H,15H2,1-3H3,(H,32,35)(H,33,38)/t24-,25-,27+/m0/s1. The molecule has 0 spiro atoms. The molecule has 6 rings (SSSR count). The maximum absolute atomic E-state index is 13.9. The molecule has 1 saturated heterocycles. The number of nitrogens with zero attached hydrogens (tertiary/aromatic N) is 1. The van der Waals surface area contributed by atoms with Gasteiger partial charge in [-0.3, -0.25) is 19.2 Å². The van der Waals surface area contributed by atoms with Crippen molar-refractivity contribution in [1.82, 2.24) is 4.98 Å². The first-order chi connectivity index (χ1) is 20.2. The van der Waals surface area contributed by atoms with E-state index in [-0.39, 0.29) is 29.2 Å². The first-order valence-corrected chi connectivity index (χ1v) is 14.9. The highest BCUT2D eigenvalue weighted by molar-refractivity contribution is 8.00. The number of fused-ring (bicyclic) bond motifs is 2. The van der Waals surface area contributed by atoms with E-state index in [1.54, 1.807) is 30.3 Å². The van der Waals surface area contributed by atoms with Crippen LogP contribution in [0.3, 0.4) is 0 Å². The van der Waals surface area contributed by atoms with Gasteiger partial charge in [0, 0.05) is 16.5 Å². The third-order valence-electron chi connectivity index (χ3n) is 7.36. The number of H-pyrrole nitrogens is 1. The molecular formula is C31H27N3O6S2. The third-order valence-corrected chi connectivity index (χ3v) is 9.76. The summed E-state index contributed by atoms with van der Waals surface area (Å²) in [6.07, 6.45) is 0. The van der Waals surface area contributed by atoms with Crippen LogP contribution in [0.1, 0.15) is 27.5 Å². The van der Waals surface area contributed by atoms with Gasteiger partial charge in [-0.05, 0) is 55.8 Å². The maximum atomic E-state index is 13.9. The fraction of sp³-hybridized carbons (Fsp3) is 0.226. The van der Waals surface area contributed by atoms with E-state index in [9.17, 15) is 19.2 Å². The lowest BCUT2D eigenvalue weighted by Gasteiger charge is -2.30. The predicted octanol–water partition coefficient (Wildman–Crippen LogP) is 4.88. The van der Waals surface area contributed by atoms with E-state index < -0.39 is 17.1 Å². The van der Waals surface area contributed by atoms with Gasteiger partial charge in [0.2, 0.25) is 11.8 Å². The minimum absolute atomic E-state index is 0.240. The molecule has 0 unspecified atom stereocenters. The van der Waals surface area contributed by atoms with E-state index in [4.69, 9.17) is 9.47 Å². The second-order valence-corrected chi connectivity index (χ2v) is 12.4. The SMILES string of the molecule is COc1cc([C@@H]2c3sc(=O)[nH]c3S[C@H]3C(=O)N(c4ccc(C)cc4)C(=O)[C@@H]23)ccc1OCC(=O)Nc1ccc(C)cc1. The number of ether oxygens (including phenoxy) is 2. The van der Waals surface area contributed by atoms with Crippen LogP contribution in [0.25, 0.3) is 0 Å². The number of hydrogen-bond donors (Lipinski definition) is 2. The molecule has 2 N–H and O–H groups in total. The van der Waals surface area contributed by atoms with Crippen molar-refractivity contribution in [3.8, 4) is 11.5 Å². The monoisotopic (exact) mass is 601 g/mol. The Labute approximate surface area is 249 Å². The number of benzene rings is 3. The van der Waals surface area contributed by atoms with Gasteiger partial charge in [0.25, 0.3) is 5.91 Å². The molecular weight excluding hydrogens is 574 g/mol. The van der Waals surface area contributed by atoms with E-state index in [1.165, 1.54) is 23.8 Å². The summed E-state index contributed by atoms with van der Waals surface area (Å²) >= 11 is 2.27. The van der Waals surface area contributed by atoms with Crippen LogP contribution >= 0.6 is 23.1 Å². The molecule has 9 nitrogen and oxygen atoms in total. The highest BCUT2D eigenvalue weighted by Gasteiger charge is 2.56. The highest BCUT2D eigenvalue weighted by Crippen LogP contribution is 2.53. The van der Waals surface area contributed by atoms with Crippen LogP contribution < -0.4 is 24.6 Å². The highest BCUT2D eigenvalue weighted by atomic mass is 32.2. The number of amides is 3. The molecule has 2 aliphatic heterocycles. The largest absolute Gasteiger partial charge is 0.493 e. The summed E-state index contributed by atoms with van der Waals surface area (Å²) in [7, 11) is 1.49. The number of aromatic amines is 1. The maximum Gasteiger partial charge on any atom is 0.305 e. The van der Waals surface area contributed by atoms with E-state index in [0.717, 1.165) is 22.5 Å². The fourth-order valence-corrected chi connectivity index (χ4v) is 7.81. The van der Waals surface area contributed by atoms with Crippen LogP contribution in [0.4, 0.5) is 11.4 Å². The number of carbonyl (C=O) groups is 3. The zero-order valence-electron chi connectivity index (χ0n) is 23.0. The van der Waals surface area contributed by atoms with Gasteiger partial charge in [-0.1, -0.05) is 64.6 Å². The summed E-state index contributed by atoms with van der Waals surface area (Å²) in [5, 5.41) is 2.69. The molecule has 3 amide bonds. The second-order valence-electron chi connectivity index (χ2n) is 10.2. The molecule has 4 aromatic rings. The summed E-state index contributed by atoms with van der Waals surface area (Å²) in [6, 6.07) is 19.9. The quantitative estimate of drug-likeness (QED) is 0.290. The molecule has 42 heavy (non-hydrogen) atoms. The fourth-order valence-electron chi connectivity index (χ4n) is 5.30. The van der Waals surface area contributed by atoms with Crippen molar-refractivity contribution in [2.24, 2.45) is 5.92 Å². The normalized spacial score (nSPS) is 19.3. The Kier molecular flexibility index (Phi) is 7.38. The minimum Gasteiger partial charge on any atom is -0.493 e. The van der Waals surface area contributed by atoms with Gasteiger partial charge in [-0.25, -0.2) is 4.90 Å². The zero-order valence-corrected chi connectivity index (χ0v) is 24.6. The van der Waals surface area contributed by atoms with Gasteiger partial charge < -0.3 is 19.8 Å². The first-order valence-electron chi connectivity index (χ1n) is 13.2. The number of thiazole rings is 1. The van der Waals surface area contributed by atoms with E-state index >= 15 is 0 Å². The van der Waals surface area contributed by atoms with Crippen LogP contribution in [0, 0.1) is 19.8 Å². The number of hydrogen-bond acceptors (Lipinski definition) is 8. The van der Waals surface area contributed by atoms with Crippen molar-refractivity contribution in [2.45, 2.75) is 30.0 Å². The third kappa shape index (κ3) is 5.10. The van der Waals surface area contributed by atoms with Gasteiger partial charge in [0.1, 0.15) is 5.25 Å². The molecule has 0 bridgehead atoms. The minimum atomic E-state index is -0.723. The Bertz CT molecular complexity index is 1750. The van der Waals surface area contributed by atoms with Crippen molar-refractivity contribution >= 4 is 52.2 Å². The molecule has 11 heteroatoms. The van der Waals surface area contributed by atoms with Crippen molar-refractivity contribution in [1.29, 1.82) is 0 Å². The number of aromatic nitrogens is 1. The molecule has 214 valence electrons. The number of anilines is 2. The van der Waals surface area contributed by atoms with Gasteiger partial charge in [0.05, 0.1) is 23.7 Å². The smallest absolute Gasteiger partial charge is 0.305 e. The van der Waals surface area contributed by atoms with Crippen molar-refractivity contribution in [2.75, 3.05) is 23.9 Å². The van der Waals surface area contributed by atoms with Gasteiger partial charge >= 0.3 is 4.87 Å². The van der Waals surface area contributed by atoms with Gasteiger partial charge in [-0.2, -0.15) is 0 Å². The van der Waals surface area contributed by atoms with Gasteiger partial charge in [-0.15, -0.1) is 0 Å². The summed E-state index contributed by atoms with van der Waals surface area (Å²) in [4.78, 5) is 57.0. The Hall–Kier alpha value is -4.35. The lowest BCUT2D eigenvalue weighted by molar-refractivity contribution is -0.122. The Morgan fingerprint density at radius 2 is 1.62 bits per heavy atom. The van der Waals surface area contributed by atoms with Crippen molar-refractivity contribution in [3.63, 3.8) is 0 Å². The number of rotatable bonds is 7. The Morgan fingerprint density at radius 1 is 0.929 bits per heavy atom. The van der Waals surface area contributed by atoms with Gasteiger partial charge in [0.15, 0.2) is 18.1 Å².